The van der Waals surface area contributed by atoms with Crippen molar-refractivity contribution in [1.82, 2.24) is 0 Å². The van der Waals surface area contributed by atoms with Crippen molar-refractivity contribution in [3.8, 4) is 0 Å². The highest BCUT2D eigenvalue weighted by atomic mass is 32.1. The Labute approximate surface area is 89.2 Å². The van der Waals surface area contributed by atoms with Gasteiger partial charge in [0.05, 0.1) is 12.2 Å². The third kappa shape index (κ3) is 3.08. The molecular weight excluding hydrogens is 196 g/mol. The van der Waals surface area contributed by atoms with Crippen molar-refractivity contribution in [3.63, 3.8) is 0 Å². The predicted molar refractivity (Wildman–Crippen MR) is 59.5 cm³/mol. The first-order chi connectivity index (χ1) is 6.41. The Balaban J connectivity index is 2.54. The summed E-state index contributed by atoms with van der Waals surface area (Å²) in [4.78, 5) is 0. The molecule has 0 spiro atoms. The van der Waals surface area contributed by atoms with Crippen LogP contribution in [0.4, 0.5) is 0 Å². The molecule has 2 nitrogen and oxygen atoms in total. The van der Waals surface area contributed by atoms with E-state index < -0.39 is 12.2 Å². The molecule has 3 heteroatoms. The average Bonchev–Trinajstić information content (AvgIpc) is 2.53. The lowest BCUT2D eigenvalue weighted by atomic mass is 9.84. The molecule has 1 aromatic rings. The maximum absolute atomic E-state index is 9.81. The lowest BCUT2D eigenvalue weighted by Crippen LogP contribution is -2.38. The summed E-state index contributed by atoms with van der Waals surface area (Å²) in [6, 6.07) is 1.98. The van der Waals surface area contributed by atoms with Crippen molar-refractivity contribution in [3.05, 3.63) is 22.4 Å². The quantitative estimate of drug-likeness (QED) is 0.808. The lowest BCUT2D eigenvalue weighted by Gasteiger charge is -2.29. The molecule has 2 atom stereocenters. The molecule has 2 N–H and O–H groups in total. The topological polar surface area (TPSA) is 40.5 Å². The van der Waals surface area contributed by atoms with E-state index in [1.54, 1.807) is 11.3 Å². The first-order valence-corrected chi connectivity index (χ1v) is 5.73. The largest absolute Gasteiger partial charge is 0.390 e. The molecule has 0 aliphatic rings. The molecule has 0 amide bonds. The summed E-state index contributed by atoms with van der Waals surface area (Å²) in [5.41, 5.74) is 0.820. The zero-order chi connectivity index (χ0) is 10.8. The second-order valence-electron chi connectivity index (χ2n) is 4.71. The van der Waals surface area contributed by atoms with Gasteiger partial charge in [0.1, 0.15) is 0 Å². The minimum atomic E-state index is -0.678. The third-order valence-electron chi connectivity index (χ3n) is 2.28. The van der Waals surface area contributed by atoms with Gasteiger partial charge < -0.3 is 10.2 Å². The van der Waals surface area contributed by atoms with Gasteiger partial charge in [0, 0.05) is 6.42 Å². The zero-order valence-corrected chi connectivity index (χ0v) is 9.71. The Morgan fingerprint density at radius 1 is 1.36 bits per heavy atom. The van der Waals surface area contributed by atoms with E-state index in [1.165, 1.54) is 0 Å². The van der Waals surface area contributed by atoms with E-state index in [0.717, 1.165) is 5.56 Å². The van der Waals surface area contributed by atoms with Crippen molar-refractivity contribution in [2.24, 2.45) is 5.41 Å². The van der Waals surface area contributed by atoms with E-state index in [2.05, 4.69) is 0 Å². The van der Waals surface area contributed by atoms with Gasteiger partial charge in [-0.3, -0.25) is 0 Å². The van der Waals surface area contributed by atoms with Gasteiger partial charge in [-0.25, -0.2) is 0 Å². The van der Waals surface area contributed by atoms with Crippen molar-refractivity contribution in [1.29, 1.82) is 0 Å². The number of aliphatic hydroxyl groups is 2. The molecule has 0 aliphatic heterocycles. The first-order valence-electron chi connectivity index (χ1n) is 4.78. The van der Waals surface area contributed by atoms with Gasteiger partial charge in [-0.15, -0.1) is 0 Å². The van der Waals surface area contributed by atoms with Crippen LogP contribution in [0.5, 0.6) is 0 Å². The molecule has 80 valence electrons. The molecule has 0 fully saturated rings. The van der Waals surface area contributed by atoms with E-state index in [-0.39, 0.29) is 5.41 Å². The Hall–Kier alpha value is -0.380. The van der Waals surface area contributed by atoms with Crippen LogP contribution in [0.1, 0.15) is 26.3 Å². The monoisotopic (exact) mass is 214 g/mol. The van der Waals surface area contributed by atoms with E-state index in [4.69, 9.17) is 0 Å². The van der Waals surface area contributed by atoms with Crippen LogP contribution in [-0.4, -0.2) is 22.4 Å². The highest BCUT2D eigenvalue weighted by molar-refractivity contribution is 7.07. The van der Waals surface area contributed by atoms with Gasteiger partial charge >= 0.3 is 0 Å². The van der Waals surface area contributed by atoms with Gasteiger partial charge in [0.15, 0.2) is 0 Å². The normalized spacial score (nSPS) is 16.6. The van der Waals surface area contributed by atoms with Crippen LogP contribution in [0.25, 0.3) is 0 Å². The molecule has 0 aromatic carbocycles. The SMILES string of the molecule is CC(C)(C)C(O)C(O)Cc1ccsc1. The summed E-state index contributed by atoms with van der Waals surface area (Å²) in [5, 5.41) is 23.6. The van der Waals surface area contributed by atoms with Crippen LogP contribution >= 0.6 is 11.3 Å². The molecule has 1 heterocycles. The summed E-state index contributed by atoms with van der Waals surface area (Å²) in [7, 11) is 0. The minimum Gasteiger partial charge on any atom is -0.390 e. The van der Waals surface area contributed by atoms with Crippen molar-refractivity contribution in [2.75, 3.05) is 0 Å². The highest BCUT2D eigenvalue weighted by Gasteiger charge is 2.28. The second kappa shape index (κ2) is 4.43. The van der Waals surface area contributed by atoms with Gasteiger partial charge in [-0.05, 0) is 27.8 Å². The molecule has 2 unspecified atom stereocenters. The lowest BCUT2D eigenvalue weighted by molar-refractivity contribution is -0.0433. The van der Waals surface area contributed by atoms with Crippen LogP contribution in [0.15, 0.2) is 16.8 Å². The van der Waals surface area contributed by atoms with E-state index >= 15 is 0 Å². The first kappa shape index (κ1) is 11.7. The number of thiophene rings is 1. The number of aliphatic hydroxyl groups excluding tert-OH is 2. The standard InChI is InChI=1S/C11H18O2S/c1-11(2,3)10(13)9(12)6-8-4-5-14-7-8/h4-5,7,9-10,12-13H,6H2,1-3H3. The molecule has 14 heavy (non-hydrogen) atoms. The summed E-state index contributed by atoms with van der Waals surface area (Å²) in [6.45, 7) is 5.78. The van der Waals surface area contributed by atoms with Crippen LogP contribution < -0.4 is 0 Å². The van der Waals surface area contributed by atoms with Gasteiger partial charge in [0.25, 0.3) is 0 Å². The van der Waals surface area contributed by atoms with Crippen LogP contribution in [0.3, 0.4) is 0 Å². The molecule has 0 bridgehead atoms. The molecule has 0 radical (unpaired) electrons. The fourth-order valence-corrected chi connectivity index (χ4v) is 2.02. The Kier molecular flexibility index (Phi) is 3.70. The van der Waals surface area contributed by atoms with Gasteiger partial charge in [0.2, 0.25) is 0 Å². The minimum absolute atomic E-state index is 0.268. The van der Waals surface area contributed by atoms with E-state index in [0.29, 0.717) is 6.42 Å². The van der Waals surface area contributed by atoms with Crippen molar-refractivity contribution >= 4 is 11.3 Å². The summed E-state index contributed by atoms with van der Waals surface area (Å²) in [6.07, 6.45) is -0.825. The third-order valence-corrected chi connectivity index (χ3v) is 3.01. The fourth-order valence-electron chi connectivity index (χ4n) is 1.34. The average molecular weight is 214 g/mol. The predicted octanol–water partition coefficient (Wildman–Crippen LogP) is 2.06. The molecule has 1 aromatic heterocycles. The summed E-state index contributed by atoms with van der Waals surface area (Å²) in [5.74, 6) is 0. The highest BCUT2D eigenvalue weighted by Crippen LogP contribution is 2.23. The molecule has 0 saturated carbocycles. The fraction of sp³-hybridized carbons (Fsp3) is 0.636. The maximum Gasteiger partial charge on any atom is 0.0850 e. The van der Waals surface area contributed by atoms with E-state index in [1.807, 2.05) is 37.6 Å². The summed E-state index contributed by atoms with van der Waals surface area (Å²) >= 11 is 1.61. The van der Waals surface area contributed by atoms with E-state index in [9.17, 15) is 10.2 Å². The molecular formula is C11H18O2S. The van der Waals surface area contributed by atoms with Crippen LogP contribution in [0, 0.1) is 5.41 Å². The maximum atomic E-state index is 9.81. The molecule has 0 aliphatic carbocycles. The molecule has 1 rings (SSSR count). The van der Waals surface area contributed by atoms with Crippen LogP contribution in [0.2, 0.25) is 0 Å². The van der Waals surface area contributed by atoms with Crippen molar-refractivity contribution in [2.45, 2.75) is 39.4 Å². The molecule has 0 saturated heterocycles. The Morgan fingerprint density at radius 3 is 2.43 bits per heavy atom. The number of rotatable bonds is 3. The Bertz CT molecular complexity index is 261. The summed E-state index contributed by atoms with van der Waals surface area (Å²) < 4.78 is 0. The van der Waals surface area contributed by atoms with Crippen LogP contribution in [-0.2, 0) is 6.42 Å². The number of hydrogen-bond donors (Lipinski definition) is 2. The van der Waals surface area contributed by atoms with Gasteiger partial charge in [-0.2, -0.15) is 11.3 Å². The smallest absolute Gasteiger partial charge is 0.0850 e. The van der Waals surface area contributed by atoms with Crippen molar-refractivity contribution < 1.29 is 10.2 Å². The zero-order valence-electron chi connectivity index (χ0n) is 8.90. The van der Waals surface area contributed by atoms with Gasteiger partial charge in [-0.1, -0.05) is 20.8 Å². The second-order valence-corrected chi connectivity index (χ2v) is 5.49. The number of hydrogen-bond acceptors (Lipinski definition) is 3. The Morgan fingerprint density at radius 2 is 2.00 bits per heavy atom.